The molecule has 0 amide bonds. The Hall–Kier alpha value is -1.30. The Morgan fingerprint density at radius 1 is 1.10 bits per heavy atom. The van der Waals surface area contributed by atoms with Crippen molar-refractivity contribution < 1.29 is 17.5 Å². The summed E-state index contributed by atoms with van der Waals surface area (Å²) in [5.41, 5.74) is 0.350. The van der Waals surface area contributed by atoms with E-state index in [2.05, 4.69) is 0 Å². The molecule has 0 spiro atoms. The molecule has 0 bridgehead atoms. The second-order valence-corrected chi connectivity index (χ2v) is 6.94. The van der Waals surface area contributed by atoms with Gasteiger partial charge in [-0.25, -0.2) is 12.8 Å². The zero-order valence-corrected chi connectivity index (χ0v) is 12.3. The van der Waals surface area contributed by atoms with Gasteiger partial charge in [-0.05, 0) is 36.4 Å². The molecule has 0 N–H and O–H groups in total. The van der Waals surface area contributed by atoms with E-state index in [1.54, 1.807) is 6.07 Å². The van der Waals surface area contributed by atoms with Gasteiger partial charge in [0.05, 0.1) is 4.90 Å². The minimum Gasteiger partial charge on any atom is -0.489 e. The highest BCUT2D eigenvalue weighted by Gasteiger charge is 2.09. The SMILES string of the molecule is O=S(=O)(Cl)c1ccc(OCc2ccc(Cl)cc2F)cc1. The van der Waals surface area contributed by atoms with Crippen molar-refractivity contribution >= 4 is 31.3 Å². The van der Waals surface area contributed by atoms with Gasteiger partial charge in [0.1, 0.15) is 18.2 Å². The van der Waals surface area contributed by atoms with E-state index in [0.29, 0.717) is 16.3 Å². The first-order chi connectivity index (χ1) is 9.36. The van der Waals surface area contributed by atoms with Crippen molar-refractivity contribution in [2.75, 3.05) is 0 Å². The molecule has 2 aromatic rings. The molecule has 2 rings (SSSR count). The summed E-state index contributed by atoms with van der Waals surface area (Å²) >= 11 is 5.64. The van der Waals surface area contributed by atoms with Gasteiger partial charge >= 0.3 is 0 Å². The van der Waals surface area contributed by atoms with Crippen LogP contribution in [0.25, 0.3) is 0 Å². The van der Waals surface area contributed by atoms with Crippen LogP contribution in [0.1, 0.15) is 5.56 Å². The third kappa shape index (κ3) is 3.85. The number of benzene rings is 2. The average Bonchev–Trinajstić information content (AvgIpc) is 2.37. The van der Waals surface area contributed by atoms with Crippen LogP contribution in [0, 0.1) is 5.82 Å². The van der Waals surface area contributed by atoms with E-state index < -0.39 is 14.9 Å². The van der Waals surface area contributed by atoms with Crippen molar-refractivity contribution in [1.82, 2.24) is 0 Å². The van der Waals surface area contributed by atoms with Gasteiger partial charge in [-0.3, -0.25) is 0 Å². The number of hydrogen-bond donors (Lipinski definition) is 0. The zero-order chi connectivity index (χ0) is 14.8. The summed E-state index contributed by atoms with van der Waals surface area (Å²) in [6, 6.07) is 9.81. The van der Waals surface area contributed by atoms with Gasteiger partial charge in [-0.1, -0.05) is 17.7 Å². The highest BCUT2D eigenvalue weighted by atomic mass is 35.7. The van der Waals surface area contributed by atoms with Crippen LogP contribution >= 0.6 is 22.3 Å². The zero-order valence-electron chi connectivity index (χ0n) is 10.0. The normalized spacial score (nSPS) is 11.3. The van der Waals surface area contributed by atoms with E-state index in [-0.39, 0.29) is 11.5 Å². The molecular formula is C13H9Cl2FO3S. The van der Waals surface area contributed by atoms with E-state index in [1.165, 1.54) is 36.4 Å². The van der Waals surface area contributed by atoms with Crippen LogP contribution in [0.15, 0.2) is 47.4 Å². The monoisotopic (exact) mass is 334 g/mol. The van der Waals surface area contributed by atoms with Crippen molar-refractivity contribution in [3.63, 3.8) is 0 Å². The highest BCUT2D eigenvalue weighted by molar-refractivity contribution is 8.13. The molecule has 106 valence electrons. The molecule has 0 radical (unpaired) electrons. The van der Waals surface area contributed by atoms with Crippen LogP contribution < -0.4 is 4.74 Å². The molecule has 0 aliphatic rings. The van der Waals surface area contributed by atoms with Crippen LogP contribution in [-0.4, -0.2) is 8.42 Å². The molecule has 0 aliphatic heterocycles. The van der Waals surface area contributed by atoms with Gasteiger partial charge in [0, 0.05) is 21.3 Å². The minimum absolute atomic E-state index is 0.00989. The Labute approximate surface area is 125 Å². The van der Waals surface area contributed by atoms with E-state index in [1.807, 2.05) is 0 Å². The van der Waals surface area contributed by atoms with Gasteiger partial charge in [0.15, 0.2) is 0 Å². The van der Waals surface area contributed by atoms with Crippen molar-refractivity contribution in [2.45, 2.75) is 11.5 Å². The molecule has 0 aliphatic carbocycles. The second-order valence-electron chi connectivity index (χ2n) is 3.93. The molecule has 0 fully saturated rings. The van der Waals surface area contributed by atoms with Crippen LogP contribution in [0.4, 0.5) is 4.39 Å². The summed E-state index contributed by atoms with van der Waals surface area (Å²) in [6.07, 6.45) is 0. The molecule has 3 nitrogen and oxygen atoms in total. The molecule has 0 heterocycles. The second kappa shape index (κ2) is 5.99. The quantitative estimate of drug-likeness (QED) is 0.794. The number of halogens is 3. The predicted molar refractivity (Wildman–Crippen MR) is 75.2 cm³/mol. The van der Waals surface area contributed by atoms with Gasteiger partial charge in [0.2, 0.25) is 0 Å². The third-order valence-corrected chi connectivity index (χ3v) is 4.12. The Bertz CT molecular complexity index is 715. The van der Waals surface area contributed by atoms with Gasteiger partial charge in [0.25, 0.3) is 9.05 Å². The summed E-state index contributed by atoms with van der Waals surface area (Å²) in [5.74, 6) is -0.0547. The van der Waals surface area contributed by atoms with E-state index in [4.69, 9.17) is 27.0 Å². The van der Waals surface area contributed by atoms with E-state index in [9.17, 15) is 12.8 Å². The number of hydrogen-bond acceptors (Lipinski definition) is 3. The largest absolute Gasteiger partial charge is 0.489 e. The smallest absolute Gasteiger partial charge is 0.261 e. The standard InChI is InChI=1S/C13H9Cl2FO3S/c14-10-2-1-9(13(16)7-10)8-19-11-3-5-12(6-4-11)20(15,17)18/h1-7H,8H2. The van der Waals surface area contributed by atoms with Crippen LogP contribution in [0.2, 0.25) is 5.02 Å². The third-order valence-electron chi connectivity index (χ3n) is 2.51. The molecule has 2 aromatic carbocycles. The van der Waals surface area contributed by atoms with Crippen molar-refractivity contribution in [2.24, 2.45) is 0 Å². The highest BCUT2D eigenvalue weighted by Crippen LogP contribution is 2.21. The predicted octanol–water partition coefficient (Wildman–Crippen LogP) is 3.99. The summed E-state index contributed by atoms with van der Waals surface area (Å²) in [5, 5.41) is 0.308. The Morgan fingerprint density at radius 3 is 2.30 bits per heavy atom. The summed E-state index contributed by atoms with van der Waals surface area (Å²) < 4.78 is 41.0. The lowest BCUT2D eigenvalue weighted by atomic mass is 10.2. The molecule has 20 heavy (non-hydrogen) atoms. The molecule has 7 heteroatoms. The van der Waals surface area contributed by atoms with Crippen LogP contribution in [0.5, 0.6) is 5.75 Å². The summed E-state index contributed by atoms with van der Waals surface area (Å²) in [7, 11) is 1.43. The Balaban J connectivity index is 2.08. The summed E-state index contributed by atoms with van der Waals surface area (Å²) in [6.45, 7) is 0.00989. The fraction of sp³-hybridized carbons (Fsp3) is 0.0769. The lowest BCUT2D eigenvalue weighted by Crippen LogP contribution is -1.99. The van der Waals surface area contributed by atoms with E-state index >= 15 is 0 Å². The first-order valence-electron chi connectivity index (χ1n) is 5.48. The first-order valence-corrected chi connectivity index (χ1v) is 8.16. The fourth-order valence-electron chi connectivity index (χ4n) is 1.50. The maximum atomic E-state index is 13.5. The number of rotatable bonds is 4. The lowest BCUT2D eigenvalue weighted by Gasteiger charge is -2.07. The van der Waals surface area contributed by atoms with E-state index in [0.717, 1.165) is 0 Å². The van der Waals surface area contributed by atoms with Crippen molar-refractivity contribution in [3.05, 3.63) is 58.9 Å². The topological polar surface area (TPSA) is 43.4 Å². The maximum absolute atomic E-state index is 13.5. The molecule has 0 unspecified atom stereocenters. The van der Waals surface area contributed by atoms with Gasteiger partial charge in [-0.2, -0.15) is 0 Å². The van der Waals surface area contributed by atoms with Gasteiger partial charge < -0.3 is 4.74 Å². The lowest BCUT2D eigenvalue weighted by molar-refractivity contribution is 0.299. The Kier molecular flexibility index (Phi) is 4.52. The van der Waals surface area contributed by atoms with Gasteiger partial charge in [-0.15, -0.1) is 0 Å². The van der Waals surface area contributed by atoms with Crippen LogP contribution in [-0.2, 0) is 15.7 Å². The molecule has 0 saturated heterocycles. The maximum Gasteiger partial charge on any atom is 0.261 e. The van der Waals surface area contributed by atoms with Crippen LogP contribution in [0.3, 0.4) is 0 Å². The minimum atomic E-state index is -3.76. The Morgan fingerprint density at radius 2 is 1.75 bits per heavy atom. The van der Waals surface area contributed by atoms with Crippen molar-refractivity contribution in [1.29, 1.82) is 0 Å². The number of ether oxygens (including phenoxy) is 1. The molecule has 0 aromatic heterocycles. The fourth-order valence-corrected chi connectivity index (χ4v) is 2.43. The molecule has 0 atom stereocenters. The molecular weight excluding hydrogens is 326 g/mol. The summed E-state index contributed by atoms with van der Waals surface area (Å²) in [4.78, 5) is -0.0239. The van der Waals surface area contributed by atoms with Crippen molar-refractivity contribution in [3.8, 4) is 5.75 Å². The average molecular weight is 335 g/mol. The molecule has 0 saturated carbocycles. The first kappa shape index (κ1) is 15.1.